The van der Waals surface area contributed by atoms with Crippen LogP contribution in [0.3, 0.4) is 0 Å². The van der Waals surface area contributed by atoms with Gasteiger partial charge in [0.1, 0.15) is 11.3 Å². The zero-order valence-electron chi connectivity index (χ0n) is 10.4. The van der Waals surface area contributed by atoms with Gasteiger partial charge in [0.05, 0.1) is 4.70 Å². The number of nitrogens with one attached hydrogen (secondary N) is 1. The predicted molar refractivity (Wildman–Crippen MR) is 71.5 cm³/mol. The summed E-state index contributed by atoms with van der Waals surface area (Å²) in [5, 5.41) is 9.35. The number of aromatic hydroxyl groups is 1. The molecule has 0 aliphatic carbocycles. The summed E-state index contributed by atoms with van der Waals surface area (Å²) in [6, 6.07) is 3.38. The van der Waals surface area contributed by atoms with Crippen LogP contribution in [0.1, 0.15) is 33.3 Å². The molecule has 4 heteroatoms. The minimum absolute atomic E-state index is 0.130. The first-order chi connectivity index (χ1) is 7.68. The number of aromatic nitrogens is 1. The lowest BCUT2D eigenvalue weighted by Gasteiger charge is -1.95. The highest BCUT2D eigenvalue weighted by molar-refractivity contribution is 7.16. The van der Waals surface area contributed by atoms with Gasteiger partial charge in [-0.05, 0) is 18.6 Å². The topological polar surface area (TPSA) is 53.1 Å². The molecule has 0 amide bonds. The first-order valence-corrected chi connectivity index (χ1v) is 6.31. The first-order valence-electron chi connectivity index (χ1n) is 5.50. The summed E-state index contributed by atoms with van der Waals surface area (Å²) in [5.74, 6) is 0.133. The van der Waals surface area contributed by atoms with Gasteiger partial charge in [-0.25, -0.2) is 0 Å². The van der Waals surface area contributed by atoms with E-state index in [9.17, 15) is 9.90 Å². The summed E-state index contributed by atoms with van der Waals surface area (Å²) in [4.78, 5) is 13.4. The maximum Gasteiger partial charge on any atom is 0.305 e. The van der Waals surface area contributed by atoms with E-state index in [4.69, 9.17) is 0 Å². The van der Waals surface area contributed by atoms with Crippen LogP contribution in [0.5, 0.6) is 5.75 Å². The van der Waals surface area contributed by atoms with E-state index in [1.807, 2.05) is 34.6 Å². The summed E-state index contributed by atoms with van der Waals surface area (Å²) in [6.45, 7) is 9.91. The van der Waals surface area contributed by atoms with Gasteiger partial charge in [0.2, 0.25) is 0 Å². The molecule has 90 valence electrons. The molecule has 0 saturated carbocycles. The number of phenolic OH excluding ortho intramolecular Hbond substituents is 1. The Morgan fingerprint density at radius 1 is 1.19 bits per heavy atom. The molecule has 16 heavy (non-hydrogen) atoms. The van der Waals surface area contributed by atoms with Crippen LogP contribution < -0.4 is 4.87 Å². The van der Waals surface area contributed by atoms with Crippen molar-refractivity contribution in [2.45, 2.75) is 34.6 Å². The van der Waals surface area contributed by atoms with E-state index in [-0.39, 0.29) is 10.6 Å². The molecule has 0 fully saturated rings. The van der Waals surface area contributed by atoms with Crippen LogP contribution in [0.2, 0.25) is 0 Å². The molecule has 0 unspecified atom stereocenters. The fraction of sp³-hybridized carbons (Fsp3) is 0.417. The maximum absolute atomic E-state index is 10.9. The number of aryl methyl sites for hydroxylation is 1. The molecule has 3 nitrogen and oxygen atoms in total. The van der Waals surface area contributed by atoms with Crippen molar-refractivity contribution in [3.63, 3.8) is 0 Å². The number of thiazole rings is 1. The van der Waals surface area contributed by atoms with Gasteiger partial charge in [-0.2, -0.15) is 0 Å². The first kappa shape index (κ1) is 14.7. The molecule has 0 saturated heterocycles. The lowest BCUT2D eigenvalue weighted by Crippen LogP contribution is -1.89. The largest absolute Gasteiger partial charge is 0.506 e. The summed E-state index contributed by atoms with van der Waals surface area (Å²) in [6.07, 6.45) is 0. The number of aromatic amines is 1. The number of rotatable bonds is 0. The third kappa shape index (κ3) is 3.10. The van der Waals surface area contributed by atoms with Crippen molar-refractivity contribution in [3.05, 3.63) is 27.4 Å². The van der Waals surface area contributed by atoms with Crippen LogP contribution in [0.4, 0.5) is 0 Å². The number of fused-ring (bicyclic) bond motifs is 1. The number of benzene rings is 1. The lowest BCUT2D eigenvalue weighted by atomic mass is 10.2. The van der Waals surface area contributed by atoms with E-state index in [0.717, 1.165) is 21.6 Å². The molecule has 2 N–H and O–H groups in total. The molecule has 1 aromatic heterocycles. The van der Waals surface area contributed by atoms with E-state index < -0.39 is 0 Å². The van der Waals surface area contributed by atoms with Gasteiger partial charge in [-0.15, -0.1) is 0 Å². The number of hydrogen-bond acceptors (Lipinski definition) is 3. The Labute approximate surface area is 99.8 Å². The molecule has 0 aliphatic heterocycles. The molecule has 2 rings (SSSR count). The molecule has 0 radical (unpaired) electrons. The lowest BCUT2D eigenvalue weighted by molar-refractivity contribution is 0.480. The van der Waals surface area contributed by atoms with E-state index in [1.54, 1.807) is 12.1 Å². The highest BCUT2D eigenvalue weighted by atomic mass is 32.1. The fourth-order valence-corrected chi connectivity index (χ4v) is 1.97. The monoisotopic (exact) mass is 241 g/mol. The molecular formula is C12H19NO2S. The number of H-pyrrole nitrogens is 1. The van der Waals surface area contributed by atoms with E-state index >= 15 is 0 Å². The third-order valence-electron chi connectivity index (χ3n) is 1.75. The Morgan fingerprint density at radius 2 is 1.75 bits per heavy atom. The van der Waals surface area contributed by atoms with Gasteiger partial charge < -0.3 is 10.1 Å². The second-order valence-corrected chi connectivity index (χ2v) is 3.60. The second kappa shape index (κ2) is 7.06. The van der Waals surface area contributed by atoms with Gasteiger partial charge in [-0.3, -0.25) is 4.79 Å². The SMILES string of the molecule is CC.CC.Cc1ccc(O)c2[nH]c(=O)sc12. The van der Waals surface area contributed by atoms with Crippen molar-refractivity contribution in [1.29, 1.82) is 0 Å². The number of phenols is 1. The zero-order valence-corrected chi connectivity index (χ0v) is 11.2. The molecule has 1 aromatic carbocycles. The Kier molecular flexibility index (Phi) is 6.49. The van der Waals surface area contributed by atoms with Crippen LogP contribution in [0.25, 0.3) is 10.2 Å². The van der Waals surface area contributed by atoms with Crippen LogP contribution in [0.15, 0.2) is 16.9 Å². The van der Waals surface area contributed by atoms with Gasteiger partial charge >= 0.3 is 4.87 Å². The summed E-state index contributed by atoms with van der Waals surface area (Å²) in [7, 11) is 0. The normalized spacial score (nSPS) is 8.81. The molecule has 0 bridgehead atoms. The van der Waals surface area contributed by atoms with Crippen LogP contribution in [0, 0.1) is 6.92 Å². The molecular weight excluding hydrogens is 222 g/mol. The second-order valence-electron chi connectivity index (χ2n) is 2.62. The van der Waals surface area contributed by atoms with Crippen molar-refractivity contribution in [2.24, 2.45) is 0 Å². The Bertz CT molecular complexity index is 443. The zero-order chi connectivity index (χ0) is 12.7. The average molecular weight is 241 g/mol. The Balaban J connectivity index is 0.000000509. The van der Waals surface area contributed by atoms with Gasteiger partial charge in [-0.1, -0.05) is 45.1 Å². The Hall–Kier alpha value is -1.29. The van der Waals surface area contributed by atoms with Gasteiger partial charge in [0.15, 0.2) is 0 Å². The van der Waals surface area contributed by atoms with Crippen molar-refractivity contribution in [3.8, 4) is 5.75 Å². The molecule has 0 aliphatic rings. The quantitative estimate of drug-likeness (QED) is 0.739. The van der Waals surface area contributed by atoms with Crippen LogP contribution in [-0.4, -0.2) is 10.1 Å². The third-order valence-corrected chi connectivity index (χ3v) is 2.77. The van der Waals surface area contributed by atoms with Crippen molar-refractivity contribution < 1.29 is 5.11 Å². The van der Waals surface area contributed by atoms with Crippen molar-refractivity contribution in [2.75, 3.05) is 0 Å². The molecule has 0 spiro atoms. The summed E-state index contributed by atoms with van der Waals surface area (Å²) in [5.41, 5.74) is 1.55. The van der Waals surface area contributed by atoms with E-state index in [2.05, 4.69) is 4.98 Å². The summed E-state index contributed by atoms with van der Waals surface area (Å²) < 4.78 is 0.833. The average Bonchev–Trinajstić information content (AvgIpc) is 2.72. The van der Waals surface area contributed by atoms with Gasteiger partial charge in [0, 0.05) is 0 Å². The standard InChI is InChI=1S/C8H7NO2S.2C2H6/c1-4-2-3-5(10)6-7(4)12-8(11)9-6;2*1-2/h2-3,10H,1H3,(H,9,11);2*1-2H3. The van der Waals surface area contributed by atoms with Crippen molar-refractivity contribution in [1.82, 2.24) is 4.98 Å². The smallest absolute Gasteiger partial charge is 0.305 e. The van der Waals surface area contributed by atoms with E-state index in [0.29, 0.717) is 5.52 Å². The predicted octanol–water partition coefficient (Wildman–Crippen LogP) is 3.66. The van der Waals surface area contributed by atoms with Crippen molar-refractivity contribution >= 4 is 21.6 Å². The fourth-order valence-electron chi connectivity index (χ4n) is 1.15. The highest BCUT2D eigenvalue weighted by Crippen LogP contribution is 2.26. The minimum atomic E-state index is -0.130. The molecule has 2 aromatic rings. The minimum Gasteiger partial charge on any atom is -0.506 e. The molecule has 0 atom stereocenters. The van der Waals surface area contributed by atoms with Crippen LogP contribution in [-0.2, 0) is 0 Å². The highest BCUT2D eigenvalue weighted by Gasteiger charge is 2.05. The Morgan fingerprint density at radius 3 is 2.25 bits per heavy atom. The maximum atomic E-state index is 10.9. The van der Waals surface area contributed by atoms with E-state index in [1.165, 1.54) is 0 Å². The summed E-state index contributed by atoms with van der Waals surface area (Å²) >= 11 is 1.12. The van der Waals surface area contributed by atoms with Gasteiger partial charge in [0.25, 0.3) is 0 Å². The number of hydrogen-bond donors (Lipinski definition) is 2. The van der Waals surface area contributed by atoms with Crippen LogP contribution >= 0.6 is 11.3 Å². The molecule has 1 heterocycles.